The number of aromatic nitrogens is 1. The van der Waals surface area contributed by atoms with E-state index in [9.17, 15) is 4.79 Å². The maximum atomic E-state index is 11.9. The van der Waals surface area contributed by atoms with Crippen LogP contribution in [0.3, 0.4) is 0 Å². The van der Waals surface area contributed by atoms with Gasteiger partial charge < -0.3 is 10.1 Å². The van der Waals surface area contributed by atoms with Crippen molar-refractivity contribution in [3.63, 3.8) is 0 Å². The van der Waals surface area contributed by atoms with Crippen LogP contribution >= 0.6 is 11.3 Å². The molecule has 1 N–H and O–H groups in total. The molecule has 1 aromatic heterocycles. The minimum absolute atomic E-state index is 0.114. The minimum atomic E-state index is -0.143. The largest absolute Gasteiger partial charge is 0.465 e. The Morgan fingerprint density at radius 2 is 2.30 bits per heavy atom. The molecule has 1 saturated carbocycles. The number of thiazole rings is 1. The van der Waals surface area contributed by atoms with Gasteiger partial charge in [0.1, 0.15) is 5.92 Å². The standard InChI is InChI=1S/C15H22N2O2S/c1-3-15(8-5-9-15)17-14-16-12-10(13(18)19-4-2)6-7-11(12)20-14/h10H,3-9H2,1-2H3,(H,16,17). The van der Waals surface area contributed by atoms with E-state index in [4.69, 9.17) is 9.72 Å². The van der Waals surface area contributed by atoms with Crippen molar-refractivity contribution >= 4 is 22.4 Å². The van der Waals surface area contributed by atoms with Gasteiger partial charge in [0.2, 0.25) is 0 Å². The van der Waals surface area contributed by atoms with Gasteiger partial charge in [-0.05, 0) is 45.4 Å². The number of fused-ring (bicyclic) bond motifs is 1. The smallest absolute Gasteiger partial charge is 0.315 e. The molecule has 0 radical (unpaired) electrons. The van der Waals surface area contributed by atoms with E-state index in [2.05, 4.69) is 12.2 Å². The molecule has 0 spiro atoms. The number of hydrogen-bond donors (Lipinski definition) is 1. The average molecular weight is 294 g/mol. The van der Waals surface area contributed by atoms with Crippen LogP contribution in [0.15, 0.2) is 0 Å². The van der Waals surface area contributed by atoms with Gasteiger partial charge in [-0.3, -0.25) is 4.79 Å². The molecule has 2 aliphatic rings. The Bertz CT molecular complexity index is 502. The number of anilines is 1. The molecular weight excluding hydrogens is 272 g/mol. The molecular formula is C15H22N2O2S. The van der Waals surface area contributed by atoms with E-state index in [1.165, 1.54) is 24.1 Å². The molecule has 1 atom stereocenters. The highest BCUT2D eigenvalue weighted by Crippen LogP contribution is 2.43. The molecule has 0 aromatic carbocycles. The monoisotopic (exact) mass is 294 g/mol. The number of nitrogens with zero attached hydrogens (tertiary/aromatic N) is 1. The second-order valence-corrected chi connectivity index (χ2v) is 6.87. The first kappa shape index (κ1) is 13.9. The van der Waals surface area contributed by atoms with Crippen molar-refractivity contribution in [1.29, 1.82) is 0 Å². The molecule has 1 fully saturated rings. The summed E-state index contributed by atoms with van der Waals surface area (Å²) in [5.41, 5.74) is 1.21. The van der Waals surface area contributed by atoms with Gasteiger partial charge in [0.25, 0.3) is 0 Å². The van der Waals surface area contributed by atoms with Crippen molar-refractivity contribution in [3.05, 3.63) is 10.6 Å². The van der Waals surface area contributed by atoms with Crippen molar-refractivity contribution in [3.8, 4) is 0 Å². The van der Waals surface area contributed by atoms with E-state index in [0.717, 1.165) is 30.1 Å². The zero-order chi connectivity index (χ0) is 14.2. The number of aryl methyl sites for hydroxylation is 1. The number of ether oxygens (including phenoxy) is 1. The van der Waals surface area contributed by atoms with Crippen molar-refractivity contribution < 1.29 is 9.53 Å². The fourth-order valence-corrected chi connectivity index (χ4v) is 4.31. The lowest BCUT2D eigenvalue weighted by molar-refractivity contribution is -0.145. The Kier molecular flexibility index (Phi) is 3.71. The first-order valence-electron chi connectivity index (χ1n) is 7.62. The van der Waals surface area contributed by atoms with Gasteiger partial charge >= 0.3 is 5.97 Å². The van der Waals surface area contributed by atoms with E-state index in [0.29, 0.717) is 6.61 Å². The van der Waals surface area contributed by atoms with E-state index in [-0.39, 0.29) is 17.4 Å². The SMILES string of the molecule is CCOC(=O)C1CCc2sc(NC3(CC)CCC3)nc21. The van der Waals surface area contributed by atoms with Crippen LogP contribution in [0, 0.1) is 0 Å². The molecule has 2 aliphatic carbocycles. The molecule has 1 heterocycles. The Morgan fingerprint density at radius 3 is 2.90 bits per heavy atom. The molecule has 110 valence electrons. The van der Waals surface area contributed by atoms with E-state index in [1.54, 1.807) is 11.3 Å². The number of hydrogen-bond acceptors (Lipinski definition) is 5. The molecule has 5 heteroatoms. The van der Waals surface area contributed by atoms with Gasteiger partial charge in [-0.1, -0.05) is 6.92 Å². The van der Waals surface area contributed by atoms with Gasteiger partial charge in [0.15, 0.2) is 5.13 Å². The quantitative estimate of drug-likeness (QED) is 0.845. The second-order valence-electron chi connectivity index (χ2n) is 5.78. The van der Waals surface area contributed by atoms with Gasteiger partial charge in [-0.2, -0.15) is 0 Å². The van der Waals surface area contributed by atoms with Crippen LogP contribution in [-0.2, 0) is 16.0 Å². The van der Waals surface area contributed by atoms with Crippen LogP contribution in [0.4, 0.5) is 5.13 Å². The molecule has 4 nitrogen and oxygen atoms in total. The van der Waals surface area contributed by atoms with E-state index in [1.807, 2.05) is 6.92 Å². The number of carbonyl (C=O) groups excluding carboxylic acids is 1. The second kappa shape index (κ2) is 5.35. The van der Waals surface area contributed by atoms with Crippen LogP contribution in [0.25, 0.3) is 0 Å². The van der Waals surface area contributed by atoms with Gasteiger partial charge in [-0.15, -0.1) is 11.3 Å². The third-order valence-corrected chi connectivity index (χ3v) is 5.69. The van der Waals surface area contributed by atoms with Gasteiger partial charge in [0.05, 0.1) is 12.3 Å². The third-order valence-electron chi connectivity index (χ3n) is 4.65. The molecule has 0 saturated heterocycles. The lowest BCUT2D eigenvalue weighted by Crippen LogP contribution is -2.44. The molecule has 1 unspecified atom stereocenters. The van der Waals surface area contributed by atoms with Crippen LogP contribution < -0.4 is 5.32 Å². The third kappa shape index (κ3) is 2.32. The van der Waals surface area contributed by atoms with Crippen molar-refractivity contribution in [2.75, 3.05) is 11.9 Å². The fraction of sp³-hybridized carbons (Fsp3) is 0.733. The lowest BCUT2D eigenvalue weighted by atomic mass is 9.75. The maximum Gasteiger partial charge on any atom is 0.315 e. The molecule has 1 aromatic rings. The van der Waals surface area contributed by atoms with E-state index < -0.39 is 0 Å². The first-order valence-corrected chi connectivity index (χ1v) is 8.43. The predicted molar refractivity (Wildman–Crippen MR) is 80.3 cm³/mol. The maximum absolute atomic E-state index is 11.9. The van der Waals surface area contributed by atoms with Gasteiger partial charge in [-0.25, -0.2) is 4.98 Å². The first-order chi connectivity index (χ1) is 9.67. The predicted octanol–water partition coefficient (Wildman–Crippen LogP) is 3.48. The average Bonchev–Trinajstić information content (AvgIpc) is 2.93. The minimum Gasteiger partial charge on any atom is -0.465 e. The normalized spacial score (nSPS) is 23.0. The van der Waals surface area contributed by atoms with Crippen LogP contribution in [-0.4, -0.2) is 23.1 Å². The molecule has 0 bridgehead atoms. The molecule has 20 heavy (non-hydrogen) atoms. The molecule has 0 amide bonds. The lowest BCUT2D eigenvalue weighted by Gasteiger charge is -2.42. The number of carbonyl (C=O) groups is 1. The summed E-state index contributed by atoms with van der Waals surface area (Å²) in [5, 5.41) is 4.61. The Hall–Kier alpha value is -1.10. The summed E-state index contributed by atoms with van der Waals surface area (Å²) in [6, 6.07) is 0. The topological polar surface area (TPSA) is 51.2 Å². The summed E-state index contributed by atoms with van der Waals surface area (Å²) < 4.78 is 5.15. The number of nitrogens with one attached hydrogen (secondary N) is 1. The van der Waals surface area contributed by atoms with E-state index >= 15 is 0 Å². The Balaban J connectivity index is 1.74. The van der Waals surface area contributed by atoms with Crippen LogP contribution in [0.5, 0.6) is 0 Å². The molecule has 0 aliphatic heterocycles. The van der Waals surface area contributed by atoms with Crippen molar-refractivity contribution in [1.82, 2.24) is 4.98 Å². The summed E-state index contributed by atoms with van der Waals surface area (Å²) in [6.07, 6.45) is 6.71. The van der Waals surface area contributed by atoms with Gasteiger partial charge in [0, 0.05) is 10.4 Å². The van der Waals surface area contributed by atoms with Crippen molar-refractivity contribution in [2.24, 2.45) is 0 Å². The fourth-order valence-electron chi connectivity index (χ4n) is 3.15. The zero-order valence-electron chi connectivity index (χ0n) is 12.2. The Morgan fingerprint density at radius 1 is 1.50 bits per heavy atom. The number of esters is 1. The summed E-state index contributed by atoms with van der Waals surface area (Å²) in [5.74, 6) is -0.257. The summed E-state index contributed by atoms with van der Waals surface area (Å²) in [7, 11) is 0. The zero-order valence-corrected chi connectivity index (χ0v) is 13.0. The summed E-state index contributed by atoms with van der Waals surface area (Å²) >= 11 is 1.72. The summed E-state index contributed by atoms with van der Waals surface area (Å²) in [4.78, 5) is 17.9. The van der Waals surface area contributed by atoms with Crippen LogP contribution in [0.2, 0.25) is 0 Å². The Labute approximate surface area is 123 Å². The molecule has 3 rings (SSSR count). The highest BCUT2D eigenvalue weighted by atomic mass is 32.1. The summed E-state index contributed by atoms with van der Waals surface area (Å²) in [6.45, 7) is 4.52. The number of rotatable bonds is 5. The highest BCUT2D eigenvalue weighted by Gasteiger charge is 2.38. The van der Waals surface area contributed by atoms with Crippen molar-refractivity contribution in [2.45, 2.75) is 63.8 Å². The highest BCUT2D eigenvalue weighted by molar-refractivity contribution is 7.15. The van der Waals surface area contributed by atoms with Crippen LogP contribution in [0.1, 0.15) is 62.4 Å².